The third-order valence-electron chi connectivity index (χ3n) is 3.81. The van der Waals surface area contributed by atoms with Crippen molar-refractivity contribution in [3.05, 3.63) is 65.2 Å². The number of carbonyl (C=O) groups is 1. The maximum absolute atomic E-state index is 12.4. The number of aromatic hydroxyl groups is 1. The number of para-hydroxylation sites is 1. The quantitative estimate of drug-likeness (QED) is 0.769. The molecule has 0 saturated heterocycles. The lowest BCUT2D eigenvalue weighted by Crippen LogP contribution is -1.99. The lowest BCUT2D eigenvalue weighted by molar-refractivity contribution is 0.104. The van der Waals surface area contributed by atoms with E-state index in [0.29, 0.717) is 17.1 Å². The number of phenolic OH excluding ortho intramolecular Hbond substituents is 1. The van der Waals surface area contributed by atoms with Crippen LogP contribution < -0.4 is 4.74 Å². The van der Waals surface area contributed by atoms with Crippen molar-refractivity contribution in [3.63, 3.8) is 0 Å². The zero-order valence-corrected chi connectivity index (χ0v) is 12.5. The van der Waals surface area contributed by atoms with Crippen molar-refractivity contribution in [2.45, 2.75) is 26.2 Å². The predicted octanol–water partition coefficient (Wildman–Crippen LogP) is 4.65. The van der Waals surface area contributed by atoms with E-state index in [1.807, 2.05) is 19.1 Å². The van der Waals surface area contributed by atoms with E-state index in [-0.39, 0.29) is 11.5 Å². The number of ketones is 1. The topological polar surface area (TPSA) is 46.5 Å². The molecule has 1 heterocycles. The standard InChI is InChI=1S/C19H18O3/c1-13-5-4-6-14-12-15(20)9-10-18(14)22-19-8-3-2-7-16(19)17(21)11-13/h2-3,7-12,20H,4-6H2,1H3. The van der Waals surface area contributed by atoms with Crippen LogP contribution in [0.5, 0.6) is 17.2 Å². The van der Waals surface area contributed by atoms with Crippen LogP contribution in [0.3, 0.4) is 0 Å². The fourth-order valence-electron chi connectivity index (χ4n) is 2.67. The zero-order chi connectivity index (χ0) is 15.5. The molecule has 1 aliphatic heterocycles. The van der Waals surface area contributed by atoms with Crippen molar-refractivity contribution < 1.29 is 14.6 Å². The maximum atomic E-state index is 12.4. The molecule has 3 rings (SSSR count). The molecule has 22 heavy (non-hydrogen) atoms. The number of aryl methyl sites for hydroxylation is 1. The average molecular weight is 294 g/mol. The molecule has 3 heteroatoms. The van der Waals surface area contributed by atoms with Gasteiger partial charge in [-0.1, -0.05) is 17.7 Å². The van der Waals surface area contributed by atoms with Gasteiger partial charge in [0.2, 0.25) is 0 Å². The van der Waals surface area contributed by atoms with Crippen LogP contribution in [0.4, 0.5) is 0 Å². The minimum absolute atomic E-state index is 0.0321. The fourth-order valence-corrected chi connectivity index (χ4v) is 2.67. The van der Waals surface area contributed by atoms with E-state index in [4.69, 9.17) is 4.74 Å². The van der Waals surface area contributed by atoms with Gasteiger partial charge in [-0.3, -0.25) is 4.79 Å². The number of allylic oxidation sites excluding steroid dienone is 2. The number of ether oxygens (including phenoxy) is 1. The summed E-state index contributed by atoms with van der Waals surface area (Å²) in [5, 5.41) is 9.70. The average Bonchev–Trinajstić information content (AvgIpc) is 2.51. The van der Waals surface area contributed by atoms with Crippen molar-refractivity contribution in [2.24, 2.45) is 0 Å². The summed E-state index contributed by atoms with van der Waals surface area (Å²) in [4.78, 5) is 12.4. The first-order valence-corrected chi connectivity index (χ1v) is 7.44. The van der Waals surface area contributed by atoms with Gasteiger partial charge in [-0.25, -0.2) is 0 Å². The summed E-state index contributed by atoms with van der Waals surface area (Å²) in [6.45, 7) is 1.97. The summed E-state index contributed by atoms with van der Waals surface area (Å²) in [6.07, 6.45) is 4.25. The number of carbonyl (C=O) groups excluding carboxylic acids is 1. The van der Waals surface area contributed by atoms with Crippen LogP contribution in [0.25, 0.3) is 0 Å². The van der Waals surface area contributed by atoms with Gasteiger partial charge in [0.05, 0.1) is 5.56 Å². The first-order valence-electron chi connectivity index (χ1n) is 7.44. The summed E-state index contributed by atoms with van der Waals surface area (Å²) >= 11 is 0. The van der Waals surface area contributed by atoms with Crippen molar-refractivity contribution in [3.8, 4) is 17.2 Å². The highest BCUT2D eigenvalue weighted by atomic mass is 16.5. The summed E-state index contributed by atoms with van der Waals surface area (Å²) in [6, 6.07) is 12.3. The molecular weight excluding hydrogens is 276 g/mol. The molecule has 112 valence electrons. The first kappa shape index (κ1) is 14.4. The van der Waals surface area contributed by atoms with Gasteiger partial charge in [0.25, 0.3) is 0 Å². The van der Waals surface area contributed by atoms with Gasteiger partial charge in [0.15, 0.2) is 5.78 Å². The number of hydrogen-bond acceptors (Lipinski definition) is 3. The van der Waals surface area contributed by atoms with Crippen LogP contribution >= 0.6 is 0 Å². The Bertz CT molecular complexity index is 744. The SMILES string of the molecule is CC1=CC(=O)c2ccccc2Oc2ccc(O)cc2CCC1. The van der Waals surface area contributed by atoms with Crippen LogP contribution in [-0.2, 0) is 6.42 Å². The van der Waals surface area contributed by atoms with Gasteiger partial charge in [-0.2, -0.15) is 0 Å². The van der Waals surface area contributed by atoms with Crippen LogP contribution in [0.1, 0.15) is 35.7 Å². The number of hydrogen-bond donors (Lipinski definition) is 1. The van der Waals surface area contributed by atoms with Crippen LogP contribution in [0.15, 0.2) is 54.1 Å². The molecule has 2 aromatic carbocycles. The molecule has 1 N–H and O–H groups in total. The Morgan fingerprint density at radius 1 is 1.05 bits per heavy atom. The lowest BCUT2D eigenvalue weighted by atomic mass is 10.0. The Morgan fingerprint density at radius 3 is 2.73 bits per heavy atom. The van der Waals surface area contributed by atoms with E-state index in [9.17, 15) is 9.90 Å². The van der Waals surface area contributed by atoms with Gasteiger partial charge in [-0.05, 0) is 68.2 Å². The minimum atomic E-state index is -0.0321. The normalized spacial score (nSPS) is 15.0. The lowest BCUT2D eigenvalue weighted by Gasteiger charge is -2.13. The first-order chi connectivity index (χ1) is 10.6. The molecule has 0 saturated carbocycles. The molecule has 0 amide bonds. The van der Waals surface area contributed by atoms with Crippen molar-refractivity contribution >= 4 is 5.78 Å². The third kappa shape index (κ3) is 3.03. The molecule has 0 unspecified atom stereocenters. The van der Waals surface area contributed by atoms with Crippen LogP contribution in [0.2, 0.25) is 0 Å². The second-order valence-corrected chi connectivity index (χ2v) is 5.60. The van der Waals surface area contributed by atoms with E-state index >= 15 is 0 Å². The Kier molecular flexibility index (Phi) is 3.96. The smallest absolute Gasteiger partial charge is 0.189 e. The summed E-state index contributed by atoms with van der Waals surface area (Å²) < 4.78 is 5.97. The highest BCUT2D eigenvalue weighted by Crippen LogP contribution is 2.32. The maximum Gasteiger partial charge on any atom is 0.189 e. The summed E-state index contributed by atoms with van der Waals surface area (Å²) in [7, 11) is 0. The van der Waals surface area contributed by atoms with Gasteiger partial charge in [0, 0.05) is 0 Å². The summed E-state index contributed by atoms with van der Waals surface area (Å²) in [5.74, 6) is 1.44. The third-order valence-corrected chi connectivity index (χ3v) is 3.81. The van der Waals surface area contributed by atoms with Crippen LogP contribution in [-0.4, -0.2) is 10.9 Å². The molecule has 0 spiro atoms. The number of fused-ring (bicyclic) bond motifs is 2. The van der Waals surface area contributed by atoms with Gasteiger partial charge in [-0.15, -0.1) is 0 Å². The van der Waals surface area contributed by atoms with E-state index in [1.165, 1.54) is 0 Å². The molecule has 0 aromatic heterocycles. The predicted molar refractivity (Wildman–Crippen MR) is 85.6 cm³/mol. The molecule has 2 aromatic rings. The van der Waals surface area contributed by atoms with E-state index < -0.39 is 0 Å². The van der Waals surface area contributed by atoms with Crippen molar-refractivity contribution in [2.75, 3.05) is 0 Å². The van der Waals surface area contributed by atoms with E-state index in [2.05, 4.69) is 0 Å². The Labute approximate surface area is 129 Å². The molecule has 0 bridgehead atoms. The number of rotatable bonds is 0. The molecule has 0 aliphatic carbocycles. The van der Waals surface area contributed by atoms with Crippen molar-refractivity contribution in [1.29, 1.82) is 0 Å². The van der Waals surface area contributed by atoms with E-state index in [0.717, 1.165) is 30.4 Å². The van der Waals surface area contributed by atoms with Crippen molar-refractivity contribution in [1.82, 2.24) is 0 Å². The highest BCUT2D eigenvalue weighted by Gasteiger charge is 2.14. The van der Waals surface area contributed by atoms with Crippen LogP contribution in [0, 0.1) is 0 Å². The number of benzene rings is 2. The molecule has 0 radical (unpaired) electrons. The Balaban J connectivity index is 2.11. The molecule has 0 atom stereocenters. The zero-order valence-electron chi connectivity index (χ0n) is 12.5. The fraction of sp³-hybridized carbons (Fsp3) is 0.211. The number of phenols is 1. The minimum Gasteiger partial charge on any atom is -0.508 e. The van der Waals surface area contributed by atoms with E-state index in [1.54, 1.807) is 36.4 Å². The largest absolute Gasteiger partial charge is 0.508 e. The molecule has 0 fully saturated rings. The van der Waals surface area contributed by atoms with Gasteiger partial charge < -0.3 is 9.84 Å². The monoisotopic (exact) mass is 294 g/mol. The van der Waals surface area contributed by atoms with Gasteiger partial charge in [0.1, 0.15) is 17.2 Å². The molecule has 3 nitrogen and oxygen atoms in total. The highest BCUT2D eigenvalue weighted by molar-refractivity contribution is 6.06. The second-order valence-electron chi connectivity index (χ2n) is 5.60. The second kappa shape index (κ2) is 6.06. The Hall–Kier alpha value is -2.55. The Morgan fingerprint density at radius 2 is 1.86 bits per heavy atom. The van der Waals surface area contributed by atoms with Gasteiger partial charge >= 0.3 is 0 Å². The molecular formula is C19H18O3. The summed E-state index contributed by atoms with van der Waals surface area (Å²) in [5.41, 5.74) is 2.57. The molecule has 1 aliphatic rings.